The van der Waals surface area contributed by atoms with Gasteiger partial charge in [0, 0.05) is 39.4 Å². The summed E-state index contributed by atoms with van der Waals surface area (Å²) in [6.07, 6.45) is 0.155. The van der Waals surface area contributed by atoms with Gasteiger partial charge in [-0.05, 0) is 114 Å². The Morgan fingerprint density at radius 3 is 1.02 bits per heavy atom. The van der Waals surface area contributed by atoms with Gasteiger partial charge in [-0.1, -0.05) is 133 Å². The Labute approximate surface area is 421 Å². The van der Waals surface area contributed by atoms with Crippen LogP contribution in [0.3, 0.4) is 0 Å². The van der Waals surface area contributed by atoms with Gasteiger partial charge in [-0.3, -0.25) is 0 Å². The van der Waals surface area contributed by atoms with Crippen LogP contribution in [0.5, 0.6) is 46.0 Å². The first-order valence-corrected chi connectivity index (χ1v) is 22.7. The monoisotopic (exact) mass is 1140 g/mol. The molecule has 0 heterocycles. The van der Waals surface area contributed by atoms with Gasteiger partial charge in [0.1, 0.15) is 11.5 Å². The molecule has 0 radical (unpaired) electrons. The van der Waals surface area contributed by atoms with Crippen molar-refractivity contribution in [2.45, 2.75) is 44.9 Å². The predicted octanol–water partition coefficient (Wildman–Crippen LogP) is 16.3. The second-order valence-corrected chi connectivity index (χ2v) is 19.7. The average molecular weight is 1150 g/mol. The Kier molecular flexibility index (Phi) is 18.0. The Morgan fingerprint density at radius 1 is 0.429 bits per heavy atom. The van der Waals surface area contributed by atoms with Crippen LogP contribution in [0, 0.1) is 0 Å². The van der Waals surface area contributed by atoms with Crippen molar-refractivity contribution < 1.29 is 40.1 Å². The maximum atomic E-state index is 9.79. The normalized spacial score (nSPS) is 11.3. The summed E-state index contributed by atoms with van der Waals surface area (Å²) < 4.78 is 11.5. The lowest BCUT2D eigenvalue weighted by Crippen LogP contribution is -2.19. The summed E-state index contributed by atoms with van der Waals surface area (Å²) in [7, 11) is 2.75. The summed E-state index contributed by atoms with van der Waals surface area (Å²) in [5.74, 6) is 0.00347. The van der Waals surface area contributed by atoms with E-state index in [-0.39, 0.29) is 98.0 Å². The van der Waals surface area contributed by atoms with Crippen LogP contribution < -0.4 is 9.47 Å². The molecule has 0 aliphatic rings. The summed E-state index contributed by atoms with van der Waals surface area (Å²) in [4.78, 5) is 0. The molecular weight excluding hydrogens is 1110 g/mol. The highest BCUT2D eigenvalue weighted by Gasteiger charge is 2.28. The van der Waals surface area contributed by atoms with Gasteiger partial charge in [0.25, 0.3) is 0 Å². The van der Waals surface area contributed by atoms with E-state index >= 15 is 0 Å². The van der Waals surface area contributed by atoms with Crippen LogP contribution in [0.25, 0.3) is 0 Å². The maximum absolute atomic E-state index is 9.79. The van der Waals surface area contributed by atoms with Crippen LogP contribution in [0.4, 0.5) is 0 Å². The molecule has 0 fully saturated rings. The number of phenols is 6. The zero-order valence-corrected chi connectivity index (χ0v) is 43.1. The van der Waals surface area contributed by atoms with Crippen molar-refractivity contribution in [2.75, 3.05) is 14.2 Å². The SMILES string of the molecule is CC(C)(c1cc(Cl)c(O)c(Cl)c1)c1cc(Cl)c(O)c(Cl)c1.CC(C)(c1ccc(O)c(Br)c1)c1ccc(O)c(Br)c1.COc1c(O)cc(Cl)c(Cc2c(Cl)cc(O)c(OC)c2Cl)c1Cl. The first kappa shape index (κ1) is 52.6. The van der Waals surface area contributed by atoms with Crippen molar-refractivity contribution in [2.24, 2.45) is 0 Å². The molecule has 63 heavy (non-hydrogen) atoms. The number of halogens is 10. The first-order chi connectivity index (χ1) is 29.3. The third kappa shape index (κ3) is 11.9. The Bertz CT molecular complexity index is 2450. The van der Waals surface area contributed by atoms with Crippen LogP contribution in [0.15, 0.2) is 81.7 Å². The summed E-state index contributed by atoms with van der Waals surface area (Å²) in [5.41, 5.74) is 3.92. The third-order valence-electron chi connectivity index (χ3n) is 10.1. The second-order valence-electron chi connectivity index (χ2n) is 14.7. The average Bonchev–Trinajstić information content (AvgIpc) is 3.20. The first-order valence-electron chi connectivity index (χ1n) is 18.1. The molecular formula is C45H38Br2Cl8O8. The Morgan fingerprint density at radius 2 is 0.730 bits per heavy atom. The van der Waals surface area contributed by atoms with Gasteiger partial charge in [0.2, 0.25) is 0 Å². The van der Waals surface area contributed by atoms with Gasteiger partial charge in [-0.15, -0.1) is 0 Å². The third-order valence-corrected chi connectivity index (χ3v) is 14.0. The lowest BCUT2D eigenvalue weighted by molar-refractivity contribution is 0.372. The molecule has 0 spiro atoms. The van der Waals surface area contributed by atoms with Crippen LogP contribution in [-0.2, 0) is 17.3 Å². The number of ether oxygens (including phenoxy) is 2. The molecule has 6 aromatic rings. The van der Waals surface area contributed by atoms with Gasteiger partial charge in [0.05, 0.1) is 53.3 Å². The van der Waals surface area contributed by atoms with Crippen molar-refractivity contribution in [3.63, 3.8) is 0 Å². The van der Waals surface area contributed by atoms with Gasteiger partial charge in [0.15, 0.2) is 34.5 Å². The van der Waals surface area contributed by atoms with Crippen LogP contribution >= 0.6 is 125 Å². The van der Waals surface area contributed by atoms with Crippen LogP contribution in [0.1, 0.15) is 61.1 Å². The maximum Gasteiger partial charge on any atom is 0.179 e. The smallest absolute Gasteiger partial charge is 0.179 e. The summed E-state index contributed by atoms with van der Waals surface area (Å²) in [6, 6.07) is 20.2. The fourth-order valence-corrected chi connectivity index (χ4v) is 9.16. The fourth-order valence-electron chi connectivity index (χ4n) is 6.12. The van der Waals surface area contributed by atoms with Crippen molar-refractivity contribution in [3.8, 4) is 46.0 Å². The van der Waals surface area contributed by atoms with E-state index in [2.05, 4.69) is 45.7 Å². The number of rotatable bonds is 8. The minimum absolute atomic E-state index is 0.101. The molecule has 0 amide bonds. The molecule has 0 aliphatic heterocycles. The van der Waals surface area contributed by atoms with Gasteiger partial charge in [-0.25, -0.2) is 0 Å². The number of benzene rings is 6. The zero-order chi connectivity index (χ0) is 47.5. The Hall–Kier alpha value is -3.00. The molecule has 0 saturated carbocycles. The molecule has 0 atom stereocenters. The highest BCUT2D eigenvalue weighted by molar-refractivity contribution is 9.11. The van der Waals surface area contributed by atoms with Crippen molar-refractivity contribution in [1.29, 1.82) is 0 Å². The number of aromatic hydroxyl groups is 6. The predicted molar refractivity (Wildman–Crippen MR) is 264 cm³/mol. The van der Waals surface area contributed by atoms with Crippen LogP contribution in [-0.4, -0.2) is 44.9 Å². The van der Waals surface area contributed by atoms with Gasteiger partial charge >= 0.3 is 0 Å². The number of hydrogen-bond acceptors (Lipinski definition) is 8. The highest BCUT2D eigenvalue weighted by atomic mass is 79.9. The Balaban J connectivity index is 0.000000208. The molecule has 0 bridgehead atoms. The lowest BCUT2D eigenvalue weighted by atomic mass is 9.78. The standard InChI is InChI=1S/C15H14Br2O2.C15H12Cl4O4.C15H12Cl4O2/c1-15(2,9-3-5-13(18)11(16)7-9)10-4-6-14(19)12(17)8-10;1-22-14-10(20)4-8(16)6(12(14)18)3-7-9(17)5-11(21)15(23-2)13(7)19;1-15(2,7-3-9(16)13(20)10(17)4-7)8-5-11(18)14(21)12(19)6-8/h3-8,18-19H,1-2H3;4-5,20-21H,3H2,1-2H3;3-6,20-21H,1-2H3. The summed E-state index contributed by atoms with van der Waals surface area (Å²) >= 11 is 55.4. The fraction of sp³-hybridized carbons (Fsp3) is 0.200. The van der Waals surface area contributed by atoms with Crippen LogP contribution in [0.2, 0.25) is 40.2 Å². The van der Waals surface area contributed by atoms with Crippen molar-refractivity contribution >= 4 is 125 Å². The van der Waals surface area contributed by atoms with E-state index in [4.69, 9.17) is 102 Å². The molecule has 6 rings (SSSR count). The van der Waals surface area contributed by atoms with Crippen molar-refractivity contribution in [3.05, 3.63) is 155 Å². The van der Waals surface area contributed by atoms with E-state index in [1.54, 1.807) is 36.4 Å². The molecule has 8 nitrogen and oxygen atoms in total. The largest absolute Gasteiger partial charge is 0.507 e. The molecule has 336 valence electrons. The molecule has 6 aromatic carbocycles. The van der Waals surface area contributed by atoms with Gasteiger partial charge in [-0.2, -0.15) is 0 Å². The number of hydrogen-bond donors (Lipinski definition) is 6. The number of phenolic OH excluding ortho intramolecular Hbond substituents is 6. The summed E-state index contributed by atoms with van der Waals surface area (Å²) in [6.45, 7) is 8.07. The molecule has 18 heteroatoms. The highest BCUT2D eigenvalue weighted by Crippen LogP contribution is 2.47. The quantitative estimate of drug-likeness (QED) is 0.0886. The molecule has 0 aliphatic carbocycles. The van der Waals surface area contributed by atoms with E-state index in [0.29, 0.717) is 20.1 Å². The second kappa shape index (κ2) is 21.5. The minimum Gasteiger partial charge on any atom is -0.507 e. The number of methoxy groups -OCH3 is 2. The zero-order valence-electron chi connectivity index (χ0n) is 33.9. The molecule has 6 N–H and O–H groups in total. The van der Waals surface area contributed by atoms with E-state index in [0.717, 1.165) is 22.3 Å². The molecule has 0 saturated heterocycles. The minimum atomic E-state index is -0.526. The van der Waals surface area contributed by atoms with Crippen molar-refractivity contribution in [1.82, 2.24) is 0 Å². The van der Waals surface area contributed by atoms with E-state index < -0.39 is 5.41 Å². The summed E-state index contributed by atoms with van der Waals surface area (Å²) in [5, 5.41) is 59.5. The lowest BCUT2D eigenvalue weighted by Gasteiger charge is -2.27. The van der Waals surface area contributed by atoms with E-state index in [1.807, 2.05) is 38.1 Å². The van der Waals surface area contributed by atoms with E-state index in [1.165, 1.54) is 26.4 Å². The molecule has 0 unspecified atom stereocenters. The molecule has 0 aromatic heterocycles. The van der Waals surface area contributed by atoms with Gasteiger partial charge < -0.3 is 40.1 Å². The van der Waals surface area contributed by atoms with E-state index in [9.17, 15) is 30.6 Å². The topological polar surface area (TPSA) is 140 Å².